The molecule has 2 rings (SSSR count). The Kier molecular flexibility index (Phi) is 3.46. The molecule has 0 fully saturated rings. The van der Waals surface area contributed by atoms with Gasteiger partial charge in [-0.2, -0.15) is 5.10 Å². The number of aliphatic hydroxyl groups excluding tert-OH is 1. The van der Waals surface area contributed by atoms with Gasteiger partial charge in [0, 0.05) is 19.0 Å². The second-order valence-electron chi connectivity index (χ2n) is 3.89. The number of hydrogen-bond acceptors (Lipinski definition) is 5. The van der Waals surface area contributed by atoms with Gasteiger partial charge in [-0.05, 0) is 12.1 Å². The van der Waals surface area contributed by atoms with Gasteiger partial charge in [-0.25, -0.2) is 0 Å². The number of hydrogen-bond donors (Lipinski definition) is 4. The van der Waals surface area contributed by atoms with Crippen molar-refractivity contribution >= 4 is 22.3 Å². The number of H-pyrrole nitrogens is 1. The van der Waals surface area contributed by atoms with E-state index in [2.05, 4.69) is 15.5 Å². The molecule has 0 spiro atoms. The van der Waals surface area contributed by atoms with Gasteiger partial charge in [-0.15, -0.1) is 0 Å². The van der Waals surface area contributed by atoms with Crippen LogP contribution in [0.2, 0.25) is 0 Å². The van der Waals surface area contributed by atoms with E-state index >= 15 is 0 Å². The Bertz CT molecular complexity index is 497. The van der Waals surface area contributed by atoms with Crippen LogP contribution in [0.15, 0.2) is 18.3 Å². The normalized spacial score (nSPS) is 12.8. The van der Waals surface area contributed by atoms with Crippen LogP contribution >= 0.6 is 0 Å². The molecule has 1 heterocycles. The molecule has 2 aromatic rings. The molecule has 0 aliphatic carbocycles. The topological polar surface area (TPSA) is 96.2 Å². The van der Waals surface area contributed by atoms with Gasteiger partial charge in [0.05, 0.1) is 35.8 Å². The first-order valence-electron chi connectivity index (χ1n) is 5.34. The van der Waals surface area contributed by atoms with Crippen molar-refractivity contribution in [2.45, 2.75) is 6.10 Å². The van der Waals surface area contributed by atoms with Gasteiger partial charge >= 0.3 is 0 Å². The van der Waals surface area contributed by atoms with Gasteiger partial charge in [0.1, 0.15) is 0 Å². The van der Waals surface area contributed by atoms with E-state index in [0.717, 1.165) is 16.6 Å². The highest BCUT2D eigenvalue weighted by molar-refractivity contribution is 5.88. The molecule has 0 aliphatic rings. The molecular weight excluding hydrogens is 220 g/mol. The van der Waals surface area contributed by atoms with Gasteiger partial charge < -0.3 is 20.9 Å². The van der Waals surface area contributed by atoms with Crippen LogP contribution in [0.4, 0.5) is 11.4 Å². The predicted octanol–water partition coefficient (Wildman–Crippen LogP) is 0.564. The molecule has 0 saturated carbocycles. The molecule has 6 heteroatoms. The maximum Gasteiger partial charge on any atom is 0.0945 e. The van der Waals surface area contributed by atoms with Crippen molar-refractivity contribution in [1.29, 1.82) is 0 Å². The highest BCUT2D eigenvalue weighted by Crippen LogP contribution is 2.24. The number of benzene rings is 1. The fraction of sp³-hybridized carbons (Fsp3) is 0.364. The van der Waals surface area contributed by atoms with Gasteiger partial charge in [-0.1, -0.05) is 0 Å². The molecule has 1 aromatic heterocycles. The maximum atomic E-state index is 9.53. The van der Waals surface area contributed by atoms with E-state index in [-0.39, 0.29) is 0 Å². The minimum absolute atomic E-state index is 0.291. The zero-order chi connectivity index (χ0) is 12.3. The summed E-state index contributed by atoms with van der Waals surface area (Å²) < 4.78 is 4.84. The third-order valence-electron chi connectivity index (χ3n) is 2.50. The van der Waals surface area contributed by atoms with E-state index < -0.39 is 6.10 Å². The number of nitrogens with zero attached hydrogens (tertiary/aromatic N) is 1. The molecule has 0 saturated heterocycles. The van der Waals surface area contributed by atoms with E-state index in [4.69, 9.17) is 10.5 Å². The molecule has 0 aliphatic heterocycles. The summed E-state index contributed by atoms with van der Waals surface area (Å²) in [7, 11) is 1.55. The molecule has 92 valence electrons. The predicted molar refractivity (Wildman–Crippen MR) is 66.9 cm³/mol. The number of anilines is 2. The van der Waals surface area contributed by atoms with Crippen molar-refractivity contribution in [3.8, 4) is 0 Å². The summed E-state index contributed by atoms with van der Waals surface area (Å²) in [6.45, 7) is 0.677. The Morgan fingerprint density at radius 2 is 2.41 bits per heavy atom. The summed E-state index contributed by atoms with van der Waals surface area (Å²) in [5, 5.41) is 20.4. The monoisotopic (exact) mass is 236 g/mol. The molecule has 0 radical (unpaired) electrons. The summed E-state index contributed by atoms with van der Waals surface area (Å²) in [6.07, 6.45) is 1.16. The summed E-state index contributed by atoms with van der Waals surface area (Å²) >= 11 is 0. The van der Waals surface area contributed by atoms with E-state index in [0.29, 0.717) is 18.8 Å². The van der Waals surface area contributed by atoms with Gasteiger partial charge in [0.2, 0.25) is 0 Å². The largest absolute Gasteiger partial charge is 0.397 e. The molecule has 1 unspecified atom stereocenters. The number of nitrogens with two attached hydrogens (primary N) is 1. The Morgan fingerprint density at radius 3 is 3.18 bits per heavy atom. The van der Waals surface area contributed by atoms with Gasteiger partial charge in [-0.3, -0.25) is 5.10 Å². The van der Waals surface area contributed by atoms with Crippen LogP contribution in [0.3, 0.4) is 0 Å². The first kappa shape index (κ1) is 11.7. The second-order valence-corrected chi connectivity index (χ2v) is 3.89. The molecular formula is C11H16N4O2. The van der Waals surface area contributed by atoms with E-state index in [1.165, 1.54) is 0 Å². The van der Waals surface area contributed by atoms with E-state index in [1.807, 2.05) is 12.1 Å². The van der Waals surface area contributed by atoms with E-state index in [1.54, 1.807) is 13.3 Å². The van der Waals surface area contributed by atoms with Crippen LogP contribution in [0.1, 0.15) is 0 Å². The van der Waals surface area contributed by atoms with Crippen LogP contribution in [-0.4, -0.2) is 41.7 Å². The fourth-order valence-corrected chi connectivity index (χ4v) is 1.64. The molecule has 0 amide bonds. The lowest BCUT2D eigenvalue weighted by Gasteiger charge is -2.13. The zero-order valence-electron chi connectivity index (χ0n) is 9.60. The number of aromatic amines is 1. The van der Waals surface area contributed by atoms with Crippen molar-refractivity contribution in [2.24, 2.45) is 0 Å². The van der Waals surface area contributed by atoms with Crippen LogP contribution in [0.25, 0.3) is 10.9 Å². The molecule has 1 atom stereocenters. The average molecular weight is 236 g/mol. The minimum atomic E-state index is -0.558. The Labute approximate surface area is 98.8 Å². The average Bonchev–Trinajstić information content (AvgIpc) is 2.73. The molecule has 1 aromatic carbocycles. The van der Waals surface area contributed by atoms with Crippen LogP contribution < -0.4 is 11.1 Å². The number of ether oxygens (including phenoxy) is 1. The van der Waals surface area contributed by atoms with Crippen molar-refractivity contribution in [3.05, 3.63) is 18.3 Å². The smallest absolute Gasteiger partial charge is 0.0945 e. The molecule has 17 heavy (non-hydrogen) atoms. The second kappa shape index (κ2) is 5.03. The maximum absolute atomic E-state index is 9.53. The number of aliphatic hydroxyl groups is 1. The number of nitrogen functional groups attached to an aromatic ring is 1. The Hall–Kier alpha value is -1.79. The first-order valence-corrected chi connectivity index (χ1v) is 5.34. The quantitative estimate of drug-likeness (QED) is 0.569. The Balaban J connectivity index is 2.09. The lowest BCUT2D eigenvalue weighted by Crippen LogP contribution is -2.24. The highest BCUT2D eigenvalue weighted by Gasteiger charge is 2.06. The molecule has 0 bridgehead atoms. The number of rotatable bonds is 5. The lowest BCUT2D eigenvalue weighted by atomic mass is 10.2. The summed E-state index contributed by atoms with van der Waals surface area (Å²) in [5.74, 6) is 0. The number of methoxy groups -OCH3 is 1. The van der Waals surface area contributed by atoms with Gasteiger partial charge in [0.15, 0.2) is 0 Å². The summed E-state index contributed by atoms with van der Waals surface area (Å²) in [4.78, 5) is 0. The number of nitrogens with one attached hydrogen (secondary N) is 2. The first-order chi connectivity index (χ1) is 8.20. The lowest BCUT2D eigenvalue weighted by molar-refractivity contribution is 0.0728. The van der Waals surface area contributed by atoms with Crippen molar-refractivity contribution in [2.75, 3.05) is 31.3 Å². The SMILES string of the molecule is COCC(O)CNc1cc2[nH]ncc2cc1N. The van der Waals surface area contributed by atoms with Crippen molar-refractivity contribution in [3.63, 3.8) is 0 Å². The van der Waals surface area contributed by atoms with Crippen molar-refractivity contribution in [1.82, 2.24) is 10.2 Å². The van der Waals surface area contributed by atoms with E-state index in [9.17, 15) is 5.11 Å². The van der Waals surface area contributed by atoms with Gasteiger partial charge in [0.25, 0.3) is 0 Å². The highest BCUT2D eigenvalue weighted by atomic mass is 16.5. The van der Waals surface area contributed by atoms with Crippen LogP contribution in [0, 0.1) is 0 Å². The third kappa shape index (κ3) is 2.66. The summed E-state index contributed by atoms with van der Waals surface area (Å²) in [6, 6.07) is 3.71. The summed E-state index contributed by atoms with van der Waals surface area (Å²) in [5.41, 5.74) is 8.20. The number of aromatic nitrogens is 2. The number of fused-ring (bicyclic) bond motifs is 1. The third-order valence-corrected chi connectivity index (χ3v) is 2.50. The molecule has 5 N–H and O–H groups in total. The minimum Gasteiger partial charge on any atom is -0.397 e. The molecule has 6 nitrogen and oxygen atoms in total. The standard InChI is InChI=1S/C11H16N4O2/c1-17-6-8(16)5-13-11-3-10-7(2-9(11)12)4-14-15-10/h2-4,8,13,16H,5-6,12H2,1H3,(H,14,15). The van der Waals surface area contributed by atoms with Crippen molar-refractivity contribution < 1.29 is 9.84 Å². The Morgan fingerprint density at radius 1 is 1.59 bits per heavy atom. The fourth-order valence-electron chi connectivity index (χ4n) is 1.64. The van der Waals surface area contributed by atoms with Crippen LogP contribution in [-0.2, 0) is 4.74 Å². The zero-order valence-corrected chi connectivity index (χ0v) is 9.60. The van der Waals surface area contributed by atoms with Crippen LogP contribution in [0.5, 0.6) is 0 Å².